The number of carbonyl (C=O) groups excluding carboxylic acids is 1. The van der Waals surface area contributed by atoms with Crippen molar-refractivity contribution >= 4 is 38.3 Å². The molecule has 0 spiro atoms. The van der Waals surface area contributed by atoms with Crippen LogP contribution in [0.4, 0.5) is 10.8 Å². The molecule has 3 aromatic rings. The van der Waals surface area contributed by atoms with Gasteiger partial charge in [0, 0.05) is 30.4 Å². The molecule has 0 saturated carbocycles. The number of nitrogens with two attached hydrogens (primary N) is 1. The minimum absolute atomic E-state index is 0.0649. The number of carbonyl (C=O) groups is 1. The lowest BCUT2D eigenvalue weighted by molar-refractivity contribution is 0.0715. The summed E-state index contributed by atoms with van der Waals surface area (Å²) in [6, 6.07) is 14.6. The van der Waals surface area contributed by atoms with Gasteiger partial charge in [-0.05, 0) is 54.7 Å². The number of piperidine rings is 1. The Morgan fingerprint density at radius 2 is 2.04 bits per heavy atom. The second-order valence-corrected chi connectivity index (χ2v) is 8.81. The number of likely N-dealkylation sites (tertiary alicyclic amines) is 1. The van der Waals surface area contributed by atoms with Gasteiger partial charge in [-0.2, -0.15) is 0 Å². The van der Waals surface area contributed by atoms with E-state index in [9.17, 15) is 4.79 Å². The number of hydrogen-bond donors (Lipinski definition) is 2. The highest BCUT2D eigenvalue weighted by atomic mass is 32.1. The number of rotatable bonds is 4. The van der Waals surface area contributed by atoms with Crippen molar-refractivity contribution in [2.75, 3.05) is 24.1 Å². The number of benzene rings is 2. The first-order valence-electron chi connectivity index (χ1n) is 9.81. The number of hydrogen-bond acceptors (Lipinski definition) is 5. The summed E-state index contributed by atoms with van der Waals surface area (Å²) >= 11 is 1.44. The van der Waals surface area contributed by atoms with E-state index in [1.165, 1.54) is 16.9 Å². The van der Waals surface area contributed by atoms with E-state index in [2.05, 4.69) is 48.4 Å². The van der Waals surface area contributed by atoms with Crippen molar-refractivity contribution in [1.29, 1.82) is 0 Å². The van der Waals surface area contributed by atoms with Crippen LogP contribution in [0.5, 0.6) is 0 Å². The fraction of sp³-hybridized carbons (Fsp3) is 0.364. The van der Waals surface area contributed by atoms with Crippen LogP contribution in [0.3, 0.4) is 0 Å². The molecule has 5 nitrogen and oxygen atoms in total. The van der Waals surface area contributed by atoms with Gasteiger partial charge < -0.3 is 16.0 Å². The second kappa shape index (κ2) is 7.80. The van der Waals surface area contributed by atoms with Gasteiger partial charge >= 0.3 is 0 Å². The number of nitrogens with zero attached hydrogens (tertiary/aromatic N) is 2. The summed E-state index contributed by atoms with van der Waals surface area (Å²) in [4.78, 5) is 19.3. The molecule has 6 heteroatoms. The molecule has 0 unspecified atom stereocenters. The van der Waals surface area contributed by atoms with Crippen LogP contribution in [0.2, 0.25) is 0 Å². The van der Waals surface area contributed by atoms with Crippen molar-refractivity contribution in [3.05, 3.63) is 53.6 Å². The number of nitrogen functional groups attached to an aromatic ring is 1. The molecule has 1 amide bonds. The zero-order valence-corrected chi connectivity index (χ0v) is 17.1. The van der Waals surface area contributed by atoms with Gasteiger partial charge in [-0.1, -0.05) is 37.3 Å². The highest BCUT2D eigenvalue weighted by molar-refractivity contribution is 7.22. The van der Waals surface area contributed by atoms with Crippen molar-refractivity contribution in [1.82, 2.24) is 9.88 Å². The molecule has 1 atom stereocenters. The fourth-order valence-electron chi connectivity index (χ4n) is 3.74. The summed E-state index contributed by atoms with van der Waals surface area (Å²) in [5, 5.41) is 4.13. The van der Waals surface area contributed by atoms with Gasteiger partial charge in [-0.25, -0.2) is 4.98 Å². The standard InChI is InChI=1S/C22H26N4OS/c1-14(2)15-5-8-17(9-6-15)24-18-4-3-11-26(13-18)21(27)16-7-10-20-19(12-16)25-22(23)28-20/h5-10,12,14,18,24H,3-4,11,13H2,1-2H3,(H2,23,25)/t18-/m1/s1. The molecule has 4 rings (SSSR count). The lowest BCUT2D eigenvalue weighted by Gasteiger charge is -2.34. The summed E-state index contributed by atoms with van der Waals surface area (Å²) < 4.78 is 1.01. The average Bonchev–Trinajstić information content (AvgIpc) is 3.07. The van der Waals surface area contributed by atoms with E-state index in [1.807, 2.05) is 23.1 Å². The van der Waals surface area contributed by atoms with Crippen molar-refractivity contribution in [2.45, 2.75) is 38.6 Å². The summed E-state index contributed by atoms with van der Waals surface area (Å²) in [5.74, 6) is 0.595. The van der Waals surface area contributed by atoms with Crippen LogP contribution in [-0.4, -0.2) is 34.9 Å². The molecule has 146 valence electrons. The average molecular weight is 395 g/mol. The van der Waals surface area contributed by atoms with Gasteiger partial charge in [0.05, 0.1) is 10.2 Å². The van der Waals surface area contributed by atoms with Crippen molar-refractivity contribution in [3.63, 3.8) is 0 Å². The normalized spacial score (nSPS) is 17.2. The Balaban J connectivity index is 1.44. The number of anilines is 2. The highest BCUT2D eigenvalue weighted by Gasteiger charge is 2.25. The van der Waals surface area contributed by atoms with Gasteiger partial charge in [0.2, 0.25) is 0 Å². The van der Waals surface area contributed by atoms with E-state index < -0.39 is 0 Å². The van der Waals surface area contributed by atoms with E-state index in [-0.39, 0.29) is 11.9 Å². The second-order valence-electron chi connectivity index (χ2n) is 7.75. The minimum Gasteiger partial charge on any atom is -0.381 e. The molecule has 3 N–H and O–H groups in total. The van der Waals surface area contributed by atoms with Crippen LogP contribution in [0.25, 0.3) is 10.2 Å². The van der Waals surface area contributed by atoms with E-state index in [0.29, 0.717) is 23.2 Å². The number of thiazole rings is 1. The van der Waals surface area contributed by atoms with Gasteiger partial charge in [0.1, 0.15) is 0 Å². The van der Waals surface area contributed by atoms with Crippen LogP contribution in [0.15, 0.2) is 42.5 Å². The molecule has 0 aliphatic carbocycles. The molecule has 1 aliphatic heterocycles. The maximum Gasteiger partial charge on any atom is 0.254 e. The van der Waals surface area contributed by atoms with Crippen LogP contribution >= 0.6 is 11.3 Å². The molecule has 28 heavy (non-hydrogen) atoms. The number of nitrogens with one attached hydrogen (secondary N) is 1. The summed E-state index contributed by atoms with van der Waals surface area (Å²) in [6.45, 7) is 5.90. The first kappa shape index (κ1) is 18.7. The lowest BCUT2D eigenvalue weighted by Crippen LogP contribution is -2.45. The number of fused-ring (bicyclic) bond motifs is 1. The van der Waals surface area contributed by atoms with E-state index in [0.717, 1.165) is 35.3 Å². The van der Waals surface area contributed by atoms with Crippen molar-refractivity contribution < 1.29 is 4.79 Å². The first-order chi connectivity index (χ1) is 13.5. The molecular weight excluding hydrogens is 368 g/mol. The molecule has 0 bridgehead atoms. The predicted octanol–water partition coefficient (Wildman–Crippen LogP) is 4.72. The SMILES string of the molecule is CC(C)c1ccc(N[C@@H]2CCCN(C(=O)c3ccc4sc(N)nc4c3)C2)cc1. The van der Waals surface area contributed by atoms with Gasteiger partial charge in [-0.15, -0.1) is 0 Å². The third-order valence-corrected chi connectivity index (χ3v) is 6.17. The van der Waals surface area contributed by atoms with Crippen LogP contribution < -0.4 is 11.1 Å². The molecule has 2 heterocycles. The molecule has 2 aromatic carbocycles. The Hall–Kier alpha value is -2.60. The van der Waals surface area contributed by atoms with Gasteiger partial charge in [-0.3, -0.25) is 4.79 Å². The first-order valence-corrected chi connectivity index (χ1v) is 10.6. The molecule has 1 aliphatic rings. The van der Waals surface area contributed by atoms with Gasteiger partial charge in [0.25, 0.3) is 5.91 Å². The van der Waals surface area contributed by atoms with E-state index in [4.69, 9.17) is 5.73 Å². The molecule has 0 radical (unpaired) electrons. The summed E-state index contributed by atoms with van der Waals surface area (Å²) in [7, 11) is 0. The maximum absolute atomic E-state index is 13.0. The zero-order chi connectivity index (χ0) is 19.7. The third-order valence-electron chi connectivity index (χ3n) is 5.31. The number of aromatic nitrogens is 1. The van der Waals surface area contributed by atoms with E-state index in [1.54, 1.807) is 0 Å². The summed E-state index contributed by atoms with van der Waals surface area (Å²) in [5.41, 5.74) is 9.71. The highest BCUT2D eigenvalue weighted by Crippen LogP contribution is 2.26. The predicted molar refractivity (Wildman–Crippen MR) is 117 cm³/mol. The quantitative estimate of drug-likeness (QED) is 0.672. The molecule has 1 saturated heterocycles. The molecule has 1 fully saturated rings. The monoisotopic (exact) mass is 394 g/mol. The Morgan fingerprint density at radius 1 is 1.25 bits per heavy atom. The Kier molecular flexibility index (Phi) is 5.22. The van der Waals surface area contributed by atoms with Crippen LogP contribution in [-0.2, 0) is 0 Å². The van der Waals surface area contributed by atoms with E-state index >= 15 is 0 Å². The Bertz CT molecular complexity index is 980. The van der Waals surface area contributed by atoms with Crippen molar-refractivity contribution in [3.8, 4) is 0 Å². The fourth-order valence-corrected chi connectivity index (χ4v) is 4.45. The Morgan fingerprint density at radius 3 is 2.79 bits per heavy atom. The molecule has 1 aromatic heterocycles. The topological polar surface area (TPSA) is 71.2 Å². The molecular formula is C22H26N4OS. The third kappa shape index (κ3) is 3.97. The largest absolute Gasteiger partial charge is 0.381 e. The van der Waals surface area contributed by atoms with Gasteiger partial charge in [0.15, 0.2) is 5.13 Å². The minimum atomic E-state index is 0.0649. The van der Waals surface area contributed by atoms with Crippen LogP contribution in [0, 0.1) is 0 Å². The van der Waals surface area contributed by atoms with Crippen LogP contribution in [0.1, 0.15) is 48.5 Å². The van der Waals surface area contributed by atoms with Crippen molar-refractivity contribution in [2.24, 2.45) is 0 Å². The Labute approximate surface area is 169 Å². The number of amides is 1. The lowest BCUT2D eigenvalue weighted by atomic mass is 10.0. The zero-order valence-electron chi connectivity index (χ0n) is 16.3. The smallest absolute Gasteiger partial charge is 0.254 e. The summed E-state index contributed by atoms with van der Waals surface area (Å²) in [6.07, 6.45) is 2.07. The maximum atomic E-state index is 13.0.